The van der Waals surface area contributed by atoms with E-state index in [0.29, 0.717) is 11.7 Å². The molecule has 0 spiro atoms. The van der Waals surface area contributed by atoms with Crippen LogP contribution in [0.3, 0.4) is 0 Å². The minimum absolute atomic E-state index is 0.138. The Kier molecular flexibility index (Phi) is 4.12. The van der Waals surface area contributed by atoms with Gasteiger partial charge in [0.2, 0.25) is 0 Å². The molecule has 0 radical (unpaired) electrons. The second-order valence-electron chi connectivity index (χ2n) is 4.60. The van der Waals surface area contributed by atoms with E-state index < -0.39 is 9.84 Å². The van der Waals surface area contributed by atoms with Crippen molar-refractivity contribution in [3.8, 4) is 0 Å². The van der Waals surface area contributed by atoms with E-state index in [0.717, 1.165) is 31.5 Å². The average Bonchev–Trinajstić information content (AvgIpc) is 2.30. The highest BCUT2D eigenvalue weighted by Gasteiger charge is 2.21. The Morgan fingerprint density at radius 3 is 2.53 bits per heavy atom. The molecule has 1 aliphatic rings. The molecule has 1 saturated heterocycles. The number of rotatable bonds is 4. The molecule has 1 aromatic heterocycles. The maximum Gasteiger partial charge on any atom is 0.154 e. The lowest BCUT2D eigenvalue weighted by Crippen LogP contribution is -2.31. The predicted octanol–water partition coefficient (Wildman–Crippen LogP) is 0.996. The van der Waals surface area contributed by atoms with E-state index in [2.05, 4.69) is 10.3 Å². The zero-order chi connectivity index (χ0) is 12.1. The van der Waals surface area contributed by atoms with Gasteiger partial charge in [-0.05, 0) is 49.5 Å². The van der Waals surface area contributed by atoms with Crippen molar-refractivity contribution >= 4 is 9.84 Å². The van der Waals surface area contributed by atoms with Crippen LogP contribution in [0.4, 0.5) is 0 Å². The van der Waals surface area contributed by atoms with Crippen molar-refractivity contribution in [2.24, 2.45) is 5.92 Å². The lowest BCUT2D eigenvalue weighted by atomic mass is 10.0. The number of aromatic nitrogens is 1. The van der Waals surface area contributed by atoms with Gasteiger partial charge in [-0.2, -0.15) is 0 Å². The molecule has 0 atom stereocenters. The maximum atomic E-state index is 12.0. The van der Waals surface area contributed by atoms with E-state index in [9.17, 15) is 8.42 Å². The number of piperidine rings is 1. The van der Waals surface area contributed by atoms with Crippen LogP contribution in [0.5, 0.6) is 0 Å². The van der Waals surface area contributed by atoms with Crippen molar-refractivity contribution in [3.63, 3.8) is 0 Å². The summed E-state index contributed by atoms with van der Waals surface area (Å²) >= 11 is 0. The van der Waals surface area contributed by atoms with Crippen LogP contribution in [0.15, 0.2) is 24.5 Å². The first-order chi connectivity index (χ1) is 8.16. The van der Waals surface area contributed by atoms with Gasteiger partial charge in [-0.15, -0.1) is 0 Å². The molecule has 0 unspecified atom stereocenters. The first-order valence-corrected chi connectivity index (χ1v) is 7.78. The molecule has 0 saturated carbocycles. The Labute approximate surface area is 102 Å². The summed E-state index contributed by atoms with van der Waals surface area (Å²) in [5.74, 6) is 0.777. The standard InChI is InChI=1S/C12H18N2O2S/c15-17(16,9-11-1-5-13-6-2-11)10-12-3-7-14-8-4-12/h1-2,5-6,12,14H,3-4,7-10H2. The summed E-state index contributed by atoms with van der Waals surface area (Å²) in [6.45, 7) is 1.88. The van der Waals surface area contributed by atoms with E-state index >= 15 is 0 Å². The van der Waals surface area contributed by atoms with E-state index in [1.807, 2.05) is 0 Å². The highest BCUT2D eigenvalue weighted by Crippen LogP contribution is 2.16. The predicted molar refractivity (Wildman–Crippen MR) is 67.3 cm³/mol. The molecule has 5 heteroatoms. The van der Waals surface area contributed by atoms with Gasteiger partial charge in [0.1, 0.15) is 0 Å². The van der Waals surface area contributed by atoms with Gasteiger partial charge in [-0.3, -0.25) is 4.98 Å². The molecule has 1 aromatic rings. The Morgan fingerprint density at radius 1 is 1.24 bits per heavy atom. The normalized spacial score (nSPS) is 18.1. The van der Waals surface area contributed by atoms with Crippen molar-refractivity contribution in [2.45, 2.75) is 18.6 Å². The maximum absolute atomic E-state index is 12.0. The monoisotopic (exact) mass is 254 g/mol. The van der Waals surface area contributed by atoms with Crippen molar-refractivity contribution in [1.82, 2.24) is 10.3 Å². The zero-order valence-corrected chi connectivity index (χ0v) is 10.6. The van der Waals surface area contributed by atoms with E-state index in [4.69, 9.17) is 0 Å². The fraction of sp³-hybridized carbons (Fsp3) is 0.583. The van der Waals surface area contributed by atoms with Crippen LogP contribution in [0.2, 0.25) is 0 Å². The lowest BCUT2D eigenvalue weighted by molar-refractivity contribution is 0.401. The average molecular weight is 254 g/mol. The smallest absolute Gasteiger partial charge is 0.154 e. The second-order valence-corrected chi connectivity index (χ2v) is 6.71. The molecular formula is C12H18N2O2S. The molecule has 0 aromatic carbocycles. The topological polar surface area (TPSA) is 59.1 Å². The van der Waals surface area contributed by atoms with E-state index in [1.165, 1.54) is 0 Å². The van der Waals surface area contributed by atoms with Gasteiger partial charge in [0, 0.05) is 12.4 Å². The summed E-state index contributed by atoms with van der Waals surface area (Å²) in [6, 6.07) is 3.53. The molecule has 0 bridgehead atoms. The first-order valence-electron chi connectivity index (χ1n) is 5.96. The minimum Gasteiger partial charge on any atom is -0.317 e. The van der Waals surface area contributed by atoms with Gasteiger partial charge >= 0.3 is 0 Å². The number of nitrogens with zero attached hydrogens (tertiary/aromatic N) is 1. The van der Waals surface area contributed by atoms with Crippen LogP contribution in [-0.4, -0.2) is 32.2 Å². The third kappa shape index (κ3) is 4.09. The molecule has 94 valence electrons. The number of nitrogens with one attached hydrogen (secondary N) is 1. The quantitative estimate of drug-likeness (QED) is 0.870. The summed E-state index contributed by atoms with van der Waals surface area (Å²) in [4.78, 5) is 3.89. The molecule has 1 aliphatic heterocycles. The van der Waals surface area contributed by atoms with Crippen LogP contribution in [0, 0.1) is 5.92 Å². The summed E-state index contributed by atoms with van der Waals surface area (Å²) in [7, 11) is -2.99. The third-order valence-electron chi connectivity index (χ3n) is 3.08. The number of hydrogen-bond acceptors (Lipinski definition) is 4. The van der Waals surface area contributed by atoms with Crippen molar-refractivity contribution in [1.29, 1.82) is 0 Å². The third-order valence-corrected chi connectivity index (χ3v) is 4.84. The van der Waals surface area contributed by atoms with E-state index in [-0.39, 0.29) is 5.75 Å². The van der Waals surface area contributed by atoms with Crippen LogP contribution in [-0.2, 0) is 15.6 Å². The number of hydrogen-bond donors (Lipinski definition) is 1. The molecule has 4 nitrogen and oxygen atoms in total. The molecular weight excluding hydrogens is 236 g/mol. The second kappa shape index (κ2) is 5.60. The highest BCUT2D eigenvalue weighted by atomic mass is 32.2. The molecule has 0 aliphatic carbocycles. The molecule has 1 N–H and O–H groups in total. The zero-order valence-electron chi connectivity index (χ0n) is 9.80. The molecule has 2 rings (SSSR count). The Balaban J connectivity index is 1.94. The van der Waals surface area contributed by atoms with Crippen LogP contribution in [0.1, 0.15) is 18.4 Å². The molecule has 17 heavy (non-hydrogen) atoms. The van der Waals surface area contributed by atoms with Gasteiger partial charge in [0.05, 0.1) is 11.5 Å². The van der Waals surface area contributed by atoms with Gasteiger partial charge in [-0.1, -0.05) is 0 Å². The Morgan fingerprint density at radius 2 is 1.88 bits per heavy atom. The van der Waals surface area contributed by atoms with Crippen LogP contribution in [0.25, 0.3) is 0 Å². The Hall–Kier alpha value is -0.940. The van der Waals surface area contributed by atoms with Gasteiger partial charge < -0.3 is 5.32 Å². The molecule has 2 heterocycles. The van der Waals surface area contributed by atoms with Crippen molar-refractivity contribution < 1.29 is 8.42 Å². The van der Waals surface area contributed by atoms with Crippen molar-refractivity contribution in [3.05, 3.63) is 30.1 Å². The van der Waals surface area contributed by atoms with Crippen LogP contribution >= 0.6 is 0 Å². The molecule has 0 amide bonds. The van der Waals surface area contributed by atoms with E-state index in [1.54, 1.807) is 24.5 Å². The fourth-order valence-electron chi connectivity index (χ4n) is 2.20. The van der Waals surface area contributed by atoms with Gasteiger partial charge in [0.25, 0.3) is 0 Å². The van der Waals surface area contributed by atoms with Gasteiger partial charge in [0.15, 0.2) is 9.84 Å². The minimum atomic E-state index is -2.99. The first kappa shape index (κ1) is 12.5. The number of pyridine rings is 1. The highest BCUT2D eigenvalue weighted by molar-refractivity contribution is 7.90. The summed E-state index contributed by atoms with van der Waals surface area (Å²) in [5.41, 5.74) is 0.828. The lowest BCUT2D eigenvalue weighted by Gasteiger charge is -2.22. The number of sulfone groups is 1. The summed E-state index contributed by atoms with van der Waals surface area (Å²) in [6.07, 6.45) is 5.20. The molecule has 1 fully saturated rings. The van der Waals surface area contributed by atoms with Crippen molar-refractivity contribution in [2.75, 3.05) is 18.8 Å². The Bertz CT molecular complexity index is 439. The van der Waals surface area contributed by atoms with Crippen LogP contribution < -0.4 is 5.32 Å². The fourth-order valence-corrected chi connectivity index (χ4v) is 4.07. The summed E-state index contributed by atoms with van der Waals surface area (Å²) < 4.78 is 24.1. The largest absolute Gasteiger partial charge is 0.317 e. The summed E-state index contributed by atoms with van der Waals surface area (Å²) in [5, 5.41) is 3.25. The van der Waals surface area contributed by atoms with Gasteiger partial charge in [-0.25, -0.2) is 8.42 Å². The SMILES string of the molecule is O=S(=O)(Cc1ccncc1)CC1CCNCC1.